The Bertz CT molecular complexity index is 1070. The van der Waals surface area contributed by atoms with Crippen LogP contribution in [0.25, 0.3) is 0 Å². The summed E-state index contributed by atoms with van der Waals surface area (Å²) in [6.07, 6.45) is 6.49. The number of carbonyl (C=O) groups is 2. The summed E-state index contributed by atoms with van der Waals surface area (Å²) in [6, 6.07) is 5.42. The van der Waals surface area contributed by atoms with Crippen molar-refractivity contribution in [2.75, 3.05) is 7.05 Å². The molecule has 1 aliphatic heterocycles. The monoisotopic (exact) mass is 502 g/mol. The number of hydrogen-bond acceptors (Lipinski definition) is 2. The van der Waals surface area contributed by atoms with Crippen LogP contribution < -0.4 is 5.32 Å². The summed E-state index contributed by atoms with van der Waals surface area (Å²) >= 11 is 0. The van der Waals surface area contributed by atoms with Gasteiger partial charge in [0.05, 0.1) is 5.56 Å². The van der Waals surface area contributed by atoms with Crippen LogP contribution in [0.4, 0.5) is 13.2 Å². The van der Waals surface area contributed by atoms with Gasteiger partial charge in [-0.3, -0.25) is 9.59 Å². The van der Waals surface area contributed by atoms with E-state index < -0.39 is 11.7 Å². The molecule has 7 atom stereocenters. The summed E-state index contributed by atoms with van der Waals surface area (Å²) in [4.78, 5) is 27.1. The van der Waals surface area contributed by atoms with Gasteiger partial charge < -0.3 is 10.2 Å². The molecule has 2 amide bonds. The van der Waals surface area contributed by atoms with Crippen molar-refractivity contribution in [3.63, 3.8) is 0 Å². The number of nitrogens with zero attached hydrogens (tertiary/aromatic N) is 1. The van der Waals surface area contributed by atoms with Crippen molar-refractivity contribution in [2.24, 2.45) is 34.5 Å². The lowest BCUT2D eigenvalue weighted by atomic mass is 9.47. The maximum Gasteiger partial charge on any atom is 0.416 e. The van der Waals surface area contributed by atoms with E-state index in [9.17, 15) is 22.8 Å². The van der Waals surface area contributed by atoms with Crippen molar-refractivity contribution in [1.29, 1.82) is 0 Å². The van der Waals surface area contributed by atoms with E-state index >= 15 is 0 Å². The maximum atomic E-state index is 13.0. The number of alkyl halides is 3. The van der Waals surface area contributed by atoms with Gasteiger partial charge in [0.15, 0.2) is 0 Å². The van der Waals surface area contributed by atoms with E-state index in [-0.39, 0.29) is 35.2 Å². The normalized spacial score (nSPS) is 37.8. The third-order valence-corrected chi connectivity index (χ3v) is 10.5. The Morgan fingerprint density at radius 2 is 1.89 bits per heavy atom. The zero-order valence-electron chi connectivity index (χ0n) is 21.4. The van der Waals surface area contributed by atoms with Crippen molar-refractivity contribution in [3.8, 4) is 0 Å². The highest BCUT2D eigenvalue weighted by Crippen LogP contribution is 2.65. The first-order chi connectivity index (χ1) is 16.9. The third-order valence-electron chi connectivity index (χ3n) is 10.5. The molecule has 1 heterocycles. The molecular formula is C29H37F3N2O2. The van der Waals surface area contributed by atoms with Gasteiger partial charge in [-0.25, -0.2) is 0 Å². The molecule has 3 saturated carbocycles. The van der Waals surface area contributed by atoms with Crippen LogP contribution in [-0.4, -0.2) is 29.8 Å². The molecule has 1 aromatic rings. The largest absolute Gasteiger partial charge is 0.416 e. The molecule has 1 N–H and O–H groups in total. The van der Waals surface area contributed by atoms with Crippen molar-refractivity contribution >= 4 is 11.8 Å². The predicted molar refractivity (Wildman–Crippen MR) is 131 cm³/mol. The summed E-state index contributed by atoms with van der Waals surface area (Å²) in [6.45, 7) is 4.81. The Balaban J connectivity index is 1.24. The summed E-state index contributed by atoms with van der Waals surface area (Å²) < 4.78 is 39.0. The highest BCUT2D eigenvalue weighted by molar-refractivity contribution is 5.89. The number of amides is 2. The van der Waals surface area contributed by atoms with Crippen LogP contribution in [0.15, 0.2) is 36.4 Å². The van der Waals surface area contributed by atoms with Crippen LogP contribution in [0.1, 0.15) is 69.9 Å². The highest BCUT2D eigenvalue weighted by Gasteiger charge is 2.60. The van der Waals surface area contributed by atoms with Gasteiger partial charge in [0.25, 0.3) is 0 Å². The maximum absolute atomic E-state index is 13.0. The van der Waals surface area contributed by atoms with Crippen LogP contribution in [-0.2, 0) is 22.3 Å². The van der Waals surface area contributed by atoms with Crippen LogP contribution >= 0.6 is 0 Å². The Morgan fingerprint density at radius 3 is 2.64 bits per heavy atom. The molecule has 0 radical (unpaired) electrons. The number of hydrogen-bond donors (Lipinski definition) is 1. The van der Waals surface area contributed by atoms with Gasteiger partial charge >= 0.3 is 6.18 Å². The van der Waals surface area contributed by atoms with Gasteiger partial charge in [-0.2, -0.15) is 13.2 Å². The smallest absolute Gasteiger partial charge is 0.352 e. The number of carbonyl (C=O) groups excluding carboxylic acids is 2. The minimum absolute atomic E-state index is 0.00726. The zero-order chi connectivity index (χ0) is 25.9. The fraction of sp³-hybridized carbons (Fsp3) is 0.655. The van der Waals surface area contributed by atoms with Crippen LogP contribution in [0.3, 0.4) is 0 Å². The first kappa shape index (κ1) is 25.3. The number of rotatable bonds is 4. The minimum atomic E-state index is -4.39. The van der Waals surface area contributed by atoms with E-state index in [0.29, 0.717) is 35.7 Å². The molecule has 36 heavy (non-hydrogen) atoms. The fourth-order valence-corrected chi connectivity index (χ4v) is 8.54. The summed E-state index contributed by atoms with van der Waals surface area (Å²) in [5.74, 6) is 2.05. The lowest BCUT2D eigenvalue weighted by Crippen LogP contribution is -2.59. The average Bonchev–Trinajstić information content (AvgIpc) is 3.16. The first-order valence-corrected chi connectivity index (χ1v) is 13.3. The Morgan fingerprint density at radius 1 is 1.11 bits per heavy atom. The predicted octanol–water partition coefficient (Wildman–Crippen LogP) is 5.97. The number of nitrogens with one attached hydrogen (secondary N) is 1. The van der Waals surface area contributed by atoms with E-state index in [1.165, 1.54) is 6.07 Å². The molecule has 4 aliphatic rings. The topological polar surface area (TPSA) is 49.4 Å². The zero-order valence-corrected chi connectivity index (χ0v) is 21.4. The van der Waals surface area contributed by atoms with E-state index in [0.717, 1.165) is 50.7 Å². The Labute approximate surface area is 211 Å². The number of benzene rings is 1. The van der Waals surface area contributed by atoms with Gasteiger partial charge in [-0.05, 0) is 91.4 Å². The van der Waals surface area contributed by atoms with Gasteiger partial charge in [0, 0.05) is 31.5 Å². The molecule has 196 valence electrons. The molecule has 0 saturated heterocycles. The average molecular weight is 503 g/mol. The lowest BCUT2D eigenvalue weighted by molar-refractivity contribution is -0.139. The number of likely N-dealkylation sites (N-methyl/N-ethyl adjacent to an activating group) is 1. The summed E-state index contributed by atoms with van der Waals surface area (Å²) in [7, 11) is 1.94. The molecule has 0 spiro atoms. The number of fused-ring (bicyclic) bond motifs is 5. The Kier molecular flexibility index (Phi) is 6.27. The van der Waals surface area contributed by atoms with Crippen molar-refractivity contribution in [1.82, 2.24) is 10.2 Å². The second kappa shape index (κ2) is 8.91. The molecule has 4 nitrogen and oxygen atoms in total. The van der Waals surface area contributed by atoms with E-state index in [1.807, 2.05) is 11.9 Å². The quantitative estimate of drug-likeness (QED) is 0.552. The first-order valence-electron chi connectivity index (χ1n) is 13.3. The van der Waals surface area contributed by atoms with Crippen LogP contribution in [0.5, 0.6) is 0 Å². The second-order valence-corrected chi connectivity index (χ2v) is 12.1. The standard InChI is InChI=1S/C29H37F3N2O2/c1-27-13-11-23-21(8-10-24-28(23,2)14-12-26(36)34(24)3)22(27)9-7-19(27)16-25(35)33-17-18-5-4-6-20(15-18)29(30,31)32/h4-6,12,14-15,19,21-24H,7-11,13,16-17H2,1-3H3,(H,33,35)/t19-,21?,22?,23?,24?,27-,28-/m1/s1. The molecule has 1 aromatic carbocycles. The van der Waals surface area contributed by atoms with Gasteiger partial charge in [0.2, 0.25) is 11.8 Å². The third kappa shape index (κ3) is 4.16. The highest BCUT2D eigenvalue weighted by atomic mass is 19.4. The molecule has 5 rings (SSSR count). The van der Waals surface area contributed by atoms with E-state index in [4.69, 9.17) is 0 Å². The molecule has 7 heteroatoms. The van der Waals surface area contributed by atoms with E-state index in [2.05, 4.69) is 25.2 Å². The molecule has 0 bridgehead atoms. The second-order valence-electron chi connectivity index (χ2n) is 12.1. The van der Waals surface area contributed by atoms with Crippen molar-refractivity contribution < 1.29 is 22.8 Å². The fourth-order valence-electron chi connectivity index (χ4n) is 8.54. The lowest BCUT2D eigenvalue weighted by Gasteiger charge is -2.60. The summed E-state index contributed by atoms with van der Waals surface area (Å²) in [5, 5.41) is 2.87. The Hall–Kier alpha value is -2.31. The molecule has 3 aliphatic carbocycles. The van der Waals surface area contributed by atoms with Crippen molar-refractivity contribution in [2.45, 2.75) is 77.6 Å². The van der Waals surface area contributed by atoms with Crippen molar-refractivity contribution in [3.05, 3.63) is 47.5 Å². The van der Waals surface area contributed by atoms with Gasteiger partial charge in [-0.15, -0.1) is 0 Å². The minimum Gasteiger partial charge on any atom is -0.352 e. The van der Waals surface area contributed by atoms with Crippen LogP contribution in [0.2, 0.25) is 0 Å². The SMILES string of the molecule is CN1C(=O)C=C[C@]2(C)C3CC[C@@]4(C)C(CC[C@@H]4CC(=O)NCc4cccc(C(F)(F)F)c4)C3CCC12. The molecular weight excluding hydrogens is 465 g/mol. The molecule has 0 aromatic heterocycles. The number of halogens is 3. The van der Waals surface area contributed by atoms with Gasteiger partial charge in [-0.1, -0.05) is 32.1 Å². The molecule has 3 fully saturated rings. The van der Waals surface area contributed by atoms with Crippen LogP contribution in [0, 0.1) is 34.5 Å². The summed E-state index contributed by atoms with van der Waals surface area (Å²) in [5.41, 5.74) is -0.113. The molecule has 4 unspecified atom stereocenters. The van der Waals surface area contributed by atoms with E-state index in [1.54, 1.807) is 12.1 Å². The van der Waals surface area contributed by atoms with Gasteiger partial charge in [0.1, 0.15) is 0 Å².